The SMILES string of the molecule is C1CCOCCCCOCCCCOCCCCOC1. The first kappa shape index (κ1) is 17.9. The maximum Gasteiger partial charge on any atom is 0.0466 e. The molecule has 0 aromatic heterocycles. The molecule has 120 valence electrons. The number of ether oxygens (including phenoxy) is 4. The number of hydrogen-bond donors (Lipinski definition) is 0. The Hall–Kier alpha value is -0.160. The Labute approximate surface area is 124 Å². The van der Waals surface area contributed by atoms with Gasteiger partial charge in [-0.25, -0.2) is 0 Å². The fraction of sp³-hybridized carbons (Fsp3) is 1.00. The maximum atomic E-state index is 5.59. The van der Waals surface area contributed by atoms with Crippen molar-refractivity contribution in [3.05, 3.63) is 0 Å². The van der Waals surface area contributed by atoms with Gasteiger partial charge in [-0.3, -0.25) is 0 Å². The molecule has 0 saturated carbocycles. The van der Waals surface area contributed by atoms with E-state index in [0.29, 0.717) is 0 Å². The van der Waals surface area contributed by atoms with Crippen LogP contribution in [0.2, 0.25) is 0 Å². The van der Waals surface area contributed by atoms with Gasteiger partial charge in [0.25, 0.3) is 0 Å². The summed E-state index contributed by atoms with van der Waals surface area (Å²) in [6, 6.07) is 0. The van der Waals surface area contributed by atoms with Gasteiger partial charge in [0.1, 0.15) is 0 Å². The molecule has 0 aliphatic carbocycles. The molecule has 0 aromatic rings. The molecule has 0 atom stereocenters. The first-order valence-corrected chi connectivity index (χ1v) is 8.31. The summed E-state index contributed by atoms with van der Waals surface area (Å²) in [5.74, 6) is 0. The molecular weight excluding hydrogens is 256 g/mol. The van der Waals surface area contributed by atoms with Crippen LogP contribution in [0.3, 0.4) is 0 Å². The monoisotopic (exact) mass is 288 g/mol. The van der Waals surface area contributed by atoms with Crippen molar-refractivity contribution in [2.24, 2.45) is 0 Å². The van der Waals surface area contributed by atoms with Crippen LogP contribution in [0.25, 0.3) is 0 Å². The number of rotatable bonds is 0. The van der Waals surface area contributed by atoms with Crippen LogP contribution in [-0.2, 0) is 18.9 Å². The third-order valence-corrected chi connectivity index (χ3v) is 3.31. The Morgan fingerprint density at radius 1 is 0.250 bits per heavy atom. The van der Waals surface area contributed by atoms with Gasteiger partial charge in [0.05, 0.1) is 0 Å². The lowest BCUT2D eigenvalue weighted by atomic mass is 10.3. The van der Waals surface area contributed by atoms with Crippen molar-refractivity contribution in [2.75, 3.05) is 52.9 Å². The van der Waals surface area contributed by atoms with Crippen LogP contribution in [0.5, 0.6) is 0 Å². The number of hydrogen-bond acceptors (Lipinski definition) is 4. The lowest BCUT2D eigenvalue weighted by Crippen LogP contribution is -2.05. The van der Waals surface area contributed by atoms with E-state index in [2.05, 4.69) is 0 Å². The summed E-state index contributed by atoms with van der Waals surface area (Å²) in [6.45, 7) is 6.87. The van der Waals surface area contributed by atoms with E-state index in [1.54, 1.807) is 0 Å². The van der Waals surface area contributed by atoms with E-state index in [9.17, 15) is 0 Å². The summed E-state index contributed by atoms with van der Waals surface area (Å²) in [7, 11) is 0. The molecule has 1 rings (SSSR count). The van der Waals surface area contributed by atoms with Crippen molar-refractivity contribution in [3.63, 3.8) is 0 Å². The minimum Gasteiger partial charge on any atom is -0.381 e. The molecule has 1 fully saturated rings. The molecule has 0 amide bonds. The van der Waals surface area contributed by atoms with Gasteiger partial charge < -0.3 is 18.9 Å². The van der Waals surface area contributed by atoms with Gasteiger partial charge in [-0.15, -0.1) is 0 Å². The summed E-state index contributed by atoms with van der Waals surface area (Å²) < 4.78 is 22.4. The lowest BCUT2D eigenvalue weighted by Gasteiger charge is -2.08. The van der Waals surface area contributed by atoms with Crippen molar-refractivity contribution in [1.82, 2.24) is 0 Å². The third kappa shape index (κ3) is 12.9. The molecule has 4 nitrogen and oxygen atoms in total. The standard InChI is InChI=1S/C16H32O4/c1-2-10-18-12-5-6-14-20-16-8-7-15-19-13-4-3-11-17-9-1/h1-16H2. The smallest absolute Gasteiger partial charge is 0.0466 e. The Kier molecular flexibility index (Phi) is 13.6. The zero-order valence-electron chi connectivity index (χ0n) is 12.9. The highest BCUT2D eigenvalue weighted by molar-refractivity contribution is 4.45. The van der Waals surface area contributed by atoms with Crippen LogP contribution in [0.1, 0.15) is 51.4 Å². The summed E-state index contributed by atoms with van der Waals surface area (Å²) in [6.07, 6.45) is 8.77. The fourth-order valence-electron chi connectivity index (χ4n) is 2.04. The molecule has 0 radical (unpaired) electrons. The quantitative estimate of drug-likeness (QED) is 0.686. The third-order valence-electron chi connectivity index (χ3n) is 3.31. The van der Waals surface area contributed by atoms with Crippen LogP contribution in [-0.4, -0.2) is 52.9 Å². The molecule has 0 N–H and O–H groups in total. The normalized spacial score (nSPS) is 24.0. The van der Waals surface area contributed by atoms with E-state index < -0.39 is 0 Å². The molecule has 1 heterocycles. The van der Waals surface area contributed by atoms with E-state index in [4.69, 9.17) is 18.9 Å². The van der Waals surface area contributed by atoms with E-state index in [-0.39, 0.29) is 0 Å². The highest BCUT2D eigenvalue weighted by atomic mass is 16.5. The summed E-state index contributed by atoms with van der Waals surface area (Å²) >= 11 is 0. The molecule has 0 bridgehead atoms. The van der Waals surface area contributed by atoms with Crippen molar-refractivity contribution in [1.29, 1.82) is 0 Å². The van der Waals surface area contributed by atoms with Gasteiger partial charge in [-0.2, -0.15) is 0 Å². The zero-order chi connectivity index (χ0) is 14.1. The van der Waals surface area contributed by atoms with E-state index in [0.717, 1.165) is 104 Å². The van der Waals surface area contributed by atoms with Crippen LogP contribution >= 0.6 is 0 Å². The Morgan fingerprint density at radius 3 is 0.550 bits per heavy atom. The second-order valence-electron chi connectivity index (χ2n) is 5.28. The Balaban J connectivity index is 2.00. The van der Waals surface area contributed by atoms with Crippen LogP contribution < -0.4 is 0 Å². The predicted octanol–water partition coefficient (Wildman–Crippen LogP) is 3.19. The fourth-order valence-corrected chi connectivity index (χ4v) is 2.04. The second-order valence-corrected chi connectivity index (χ2v) is 5.28. The van der Waals surface area contributed by atoms with Gasteiger partial charge in [0, 0.05) is 52.9 Å². The highest BCUT2D eigenvalue weighted by Gasteiger charge is 1.96. The van der Waals surface area contributed by atoms with Gasteiger partial charge in [0.15, 0.2) is 0 Å². The van der Waals surface area contributed by atoms with Gasteiger partial charge in [-0.05, 0) is 51.4 Å². The van der Waals surface area contributed by atoms with Crippen molar-refractivity contribution in [2.45, 2.75) is 51.4 Å². The molecular formula is C16H32O4. The van der Waals surface area contributed by atoms with E-state index >= 15 is 0 Å². The first-order valence-electron chi connectivity index (χ1n) is 8.31. The second kappa shape index (κ2) is 15.2. The predicted molar refractivity (Wildman–Crippen MR) is 80.2 cm³/mol. The van der Waals surface area contributed by atoms with E-state index in [1.807, 2.05) is 0 Å². The molecule has 1 aliphatic rings. The molecule has 0 aromatic carbocycles. The van der Waals surface area contributed by atoms with Gasteiger partial charge >= 0.3 is 0 Å². The van der Waals surface area contributed by atoms with Crippen LogP contribution in [0, 0.1) is 0 Å². The first-order chi connectivity index (χ1) is 10.0. The molecule has 20 heavy (non-hydrogen) atoms. The largest absolute Gasteiger partial charge is 0.381 e. The van der Waals surface area contributed by atoms with Crippen molar-refractivity contribution >= 4 is 0 Å². The summed E-state index contributed by atoms with van der Waals surface area (Å²) in [5, 5.41) is 0. The minimum absolute atomic E-state index is 0.859. The summed E-state index contributed by atoms with van der Waals surface area (Å²) in [5.41, 5.74) is 0. The molecule has 0 unspecified atom stereocenters. The van der Waals surface area contributed by atoms with Gasteiger partial charge in [-0.1, -0.05) is 0 Å². The molecule has 1 aliphatic heterocycles. The van der Waals surface area contributed by atoms with Crippen LogP contribution in [0.15, 0.2) is 0 Å². The average Bonchev–Trinajstić information content (AvgIpc) is 2.46. The van der Waals surface area contributed by atoms with Gasteiger partial charge in [0.2, 0.25) is 0 Å². The molecule has 1 saturated heterocycles. The molecule has 0 spiro atoms. The highest BCUT2D eigenvalue weighted by Crippen LogP contribution is 1.99. The topological polar surface area (TPSA) is 36.9 Å². The average molecular weight is 288 g/mol. The lowest BCUT2D eigenvalue weighted by molar-refractivity contribution is 0.0750. The van der Waals surface area contributed by atoms with Crippen molar-refractivity contribution in [3.8, 4) is 0 Å². The maximum absolute atomic E-state index is 5.59. The van der Waals surface area contributed by atoms with Crippen LogP contribution in [0.4, 0.5) is 0 Å². The van der Waals surface area contributed by atoms with Crippen molar-refractivity contribution < 1.29 is 18.9 Å². The Bertz CT molecular complexity index is 101. The Morgan fingerprint density at radius 2 is 0.400 bits per heavy atom. The zero-order valence-corrected chi connectivity index (χ0v) is 12.9. The van der Waals surface area contributed by atoms with E-state index in [1.165, 1.54) is 0 Å². The minimum atomic E-state index is 0.859. The summed E-state index contributed by atoms with van der Waals surface area (Å²) in [4.78, 5) is 0. The molecule has 4 heteroatoms.